The number of hydroxylamine groups is 1. The molecule has 150 valence electrons. The molecule has 0 saturated heterocycles. The number of hydrogen-bond acceptors (Lipinski definition) is 4. The van der Waals surface area contributed by atoms with Gasteiger partial charge in [-0.15, -0.1) is 0 Å². The van der Waals surface area contributed by atoms with Crippen LogP contribution in [-0.4, -0.2) is 23.4 Å². The van der Waals surface area contributed by atoms with Crippen LogP contribution in [0.4, 0.5) is 0 Å². The first-order chi connectivity index (χ1) is 13.1. The molecule has 0 aliphatic carbocycles. The molecule has 2 N–H and O–H groups in total. The molecule has 5 heteroatoms. The lowest BCUT2D eigenvalue weighted by Gasteiger charge is -2.15. The molecule has 0 aliphatic rings. The zero-order valence-electron chi connectivity index (χ0n) is 16.4. The van der Waals surface area contributed by atoms with Crippen LogP contribution in [0.25, 0.3) is 0 Å². The van der Waals surface area contributed by atoms with E-state index in [2.05, 4.69) is 12.4 Å². The van der Waals surface area contributed by atoms with Gasteiger partial charge in [-0.25, -0.2) is 5.48 Å². The molecule has 27 heavy (non-hydrogen) atoms. The summed E-state index contributed by atoms with van der Waals surface area (Å²) in [6.07, 6.45) is 11.6. The number of nitrogens with one attached hydrogen (secondary N) is 1. The maximum atomic E-state index is 12.5. The van der Waals surface area contributed by atoms with E-state index in [0.717, 1.165) is 18.4 Å². The summed E-state index contributed by atoms with van der Waals surface area (Å²) in [4.78, 5) is 28.6. The Hall–Kier alpha value is -1.98. The normalized spacial score (nSPS) is 12.3. The van der Waals surface area contributed by atoms with Gasteiger partial charge in [-0.3, -0.25) is 14.4 Å². The van der Waals surface area contributed by atoms with Crippen molar-refractivity contribution in [3.05, 3.63) is 48.0 Å². The fourth-order valence-corrected chi connectivity index (χ4v) is 2.70. The Morgan fingerprint density at radius 2 is 1.78 bits per heavy atom. The fourth-order valence-electron chi connectivity index (χ4n) is 2.70. The van der Waals surface area contributed by atoms with Gasteiger partial charge in [0, 0.05) is 13.0 Å². The van der Waals surface area contributed by atoms with E-state index in [1.807, 2.05) is 36.4 Å². The second-order valence-corrected chi connectivity index (χ2v) is 6.66. The lowest BCUT2D eigenvalue weighted by atomic mass is 10.0. The highest BCUT2D eigenvalue weighted by Crippen LogP contribution is 2.18. The van der Waals surface area contributed by atoms with E-state index in [9.17, 15) is 9.59 Å². The minimum Gasteiger partial charge on any atom is -0.481 e. The molecule has 5 nitrogen and oxygen atoms in total. The summed E-state index contributed by atoms with van der Waals surface area (Å²) in [5.74, 6) is -0.956. The monoisotopic (exact) mass is 375 g/mol. The highest BCUT2D eigenvalue weighted by Gasteiger charge is 2.19. The third-order valence-electron chi connectivity index (χ3n) is 4.24. The minimum absolute atomic E-state index is 0.0679. The second kappa shape index (κ2) is 15.1. The van der Waals surface area contributed by atoms with Crippen LogP contribution in [0.5, 0.6) is 0 Å². The number of carbonyl (C=O) groups excluding carboxylic acids is 1. The van der Waals surface area contributed by atoms with E-state index in [0.29, 0.717) is 13.0 Å². The van der Waals surface area contributed by atoms with E-state index in [1.165, 1.54) is 32.1 Å². The Kier molecular flexibility index (Phi) is 12.9. The van der Waals surface area contributed by atoms with Crippen LogP contribution >= 0.6 is 0 Å². The predicted molar refractivity (Wildman–Crippen MR) is 107 cm³/mol. The molecule has 0 fully saturated rings. The number of hydrogen-bond donors (Lipinski definition) is 2. The van der Waals surface area contributed by atoms with Crippen LogP contribution in [0, 0.1) is 0 Å². The third kappa shape index (κ3) is 11.4. The molecule has 0 aliphatic heterocycles. The summed E-state index contributed by atoms with van der Waals surface area (Å²) in [7, 11) is 0. The van der Waals surface area contributed by atoms with Crippen molar-refractivity contribution in [2.75, 3.05) is 6.54 Å². The van der Waals surface area contributed by atoms with E-state index < -0.39 is 12.1 Å². The summed E-state index contributed by atoms with van der Waals surface area (Å²) in [5, 5.41) is 8.66. The molecule has 1 aromatic carbocycles. The molecule has 0 bridgehead atoms. The van der Waals surface area contributed by atoms with Crippen molar-refractivity contribution in [3.8, 4) is 0 Å². The quantitative estimate of drug-likeness (QED) is 0.242. The Labute approximate surface area is 162 Å². The summed E-state index contributed by atoms with van der Waals surface area (Å²) in [6, 6.07) is 9.32. The Morgan fingerprint density at radius 3 is 2.48 bits per heavy atom. The Morgan fingerprint density at radius 1 is 1.07 bits per heavy atom. The average molecular weight is 376 g/mol. The van der Waals surface area contributed by atoms with Gasteiger partial charge in [0.1, 0.15) is 0 Å². The van der Waals surface area contributed by atoms with Crippen LogP contribution < -0.4 is 5.48 Å². The van der Waals surface area contributed by atoms with Gasteiger partial charge in [-0.05, 0) is 30.9 Å². The molecule has 1 atom stereocenters. The van der Waals surface area contributed by atoms with Gasteiger partial charge >= 0.3 is 5.97 Å². The first kappa shape index (κ1) is 23.1. The summed E-state index contributed by atoms with van der Waals surface area (Å²) >= 11 is 0. The van der Waals surface area contributed by atoms with Crippen molar-refractivity contribution in [2.45, 2.75) is 70.8 Å². The number of carbonyl (C=O) groups is 2. The van der Waals surface area contributed by atoms with Gasteiger partial charge in [0.2, 0.25) is 0 Å². The number of carboxylic acid groups (broad SMARTS) is 1. The third-order valence-corrected chi connectivity index (χ3v) is 4.24. The molecule has 0 spiro atoms. The first-order valence-corrected chi connectivity index (χ1v) is 10.0. The van der Waals surface area contributed by atoms with Crippen LogP contribution in [0.3, 0.4) is 0 Å². The number of carboxylic acids is 1. The highest BCUT2D eigenvalue weighted by molar-refractivity contribution is 5.94. The summed E-state index contributed by atoms with van der Waals surface area (Å²) < 4.78 is 0. The number of ketones is 1. The zero-order chi connectivity index (χ0) is 19.7. The largest absolute Gasteiger partial charge is 0.481 e. The van der Waals surface area contributed by atoms with E-state index in [-0.39, 0.29) is 12.2 Å². The number of allylic oxidation sites excluding steroid dienone is 1. The number of unbranched alkanes of at least 4 members (excludes halogenated alkanes) is 6. The SMILES string of the molecule is CCCCCCCCC=CC(=O)C(ONCCCC(=O)O)c1ccccc1. The summed E-state index contributed by atoms with van der Waals surface area (Å²) in [5.41, 5.74) is 3.51. The number of rotatable bonds is 16. The van der Waals surface area contributed by atoms with Gasteiger partial charge < -0.3 is 5.11 Å². The molecular formula is C22H33NO4. The second-order valence-electron chi connectivity index (χ2n) is 6.66. The average Bonchev–Trinajstić information content (AvgIpc) is 2.67. The smallest absolute Gasteiger partial charge is 0.303 e. The standard InChI is InChI=1S/C22H33NO4/c1-2-3-4-5-6-7-8-12-16-20(24)22(19-14-10-9-11-15-19)27-23-18-13-17-21(25)26/h9-12,14-16,22-23H,2-8,13,17-18H2,1H3,(H,25,26). The topological polar surface area (TPSA) is 75.6 Å². The molecule has 0 radical (unpaired) electrons. The molecule has 1 aromatic rings. The number of benzene rings is 1. The van der Waals surface area contributed by atoms with Crippen molar-refractivity contribution in [3.63, 3.8) is 0 Å². The molecule has 0 amide bonds. The lowest BCUT2D eigenvalue weighted by Crippen LogP contribution is -2.24. The van der Waals surface area contributed by atoms with E-state index in [1.54, 1.807) is 6.08 Å². The van der Waals surface area contributed by atoms with Gasteiger partial charge in [-0.1, -0.05) is 75.4 Å². The molecule has 1 rings (SSSR count). The zero-order valence-corrected chi connectivity index (χ0v) is 16.4. The van der Waals surface area contributed by atoms with E-state index >= 15 is 0 Å². The number of aliphatic carboxylic acids is 1. The molecule has 1 unspecified atom stereocenters. The Bertz CT molecular complexity index is 557. The van der Waals surface area contributed by atoms with Gasteiger partial charge in [0.05, 0.1) is 0 Å². The molecule has 0 saturated carbocycles. The maximum Gasteiger partial charge on any atom is 0.303 e. The van der Waals surface area contributed by atoms with Crippen molar-refractivity contribution in [1.29, 1.82) is 0 Å². The van der Waals surface area contributed by atoms with Gasteiger partial charge in [0.25, 0.3) is 0 Å². The lowest BCUT2D eigenvalue weighted by molar-refractivity contribution is -0.138. The molecule has 0 aromatic heterocycles. The minimum atomic E-state index is -0.842. The first-order valence-electron chi connectivity index (χ1n) is 10.0. The van der Waals surface area contributed by atoms with Gasteiger partial charge in [-0.2, -0.15) is 0 Å². The van der Waals surface area contributed by atoms with Crippen molar-refractivity contribution < 1.29 is 19.5 Å². The fraction of sp³-hybridized carbons (Fsp3) is 0.545. The van der Waals surface area contributed by atoms with E-state index in [4.69, 9.17) is 9.94 Å². The van der Waals surface area contributed by atoms with Crippen molar-refractivity contribution in [2.24, 2.45) is 0 Å². The maximum absolute atomic E-state index is 12.5. The van der Waals surface area contributed by atoms with Crippen molar-refractivity contribution >= 4 is 11.8 Å². The Balaban J connectivity index is 2.43. The summed E-state index contributed by atoms with van der Waals surface area (Å²) in [6.45, 7) is 2.59. The van der Waals surface area contributed by atoms with Crippen LogP contribution in [-0.2, 0) is 14.4 Å². The van der Waals surface area contributed by atoms with Crippen LogP contribution in [0.15, 0.2) is 42.5 Å². The molecular weight excluding hydrogens is 342 g/mol. The van der Waals surface area contributed by atoms with Crippen molar-refractivity contribution in [1.82, 2.24) is 5.48 Å². The molecule has 0 heterocycles. The van der Waals surface area contributed by atoms with Gasteiger partial charge in [0.15, 0.2) is 11.9 Å². The van der Waals surface area contributed by atoms with Crippen LogP contribution in [0.2, 0.25) is 0 Å². The highest BCUT2D eigenvalue weighted by atomic mass is 16.7. The van der Waals surface area contributed by atoms with Crippen LogP contribution in [0.1, 0.15) is 76.4 Å². The predicted octanol–water partition coefficient (Wildman–Crippen LogP) is 4.99.